The van der Waals surface area contributed by atoms with Crippen molar-refractivity contribution >= 4 is 29.5 Å². The van der Waals surface area contributed by atoms with Crippen LogP contribution in [0.15, 0.2) is 36.5 Å². The van der Waals surface area contributed by atoms with Crippen LogP contribution >= 0.6 is 0 Å². The van der Waals surface area contributed by atoms with E-state index in [2.05, 4.69) is 21.3 Å². The zero-order valence-corrected chi connectivity index (χ0v) is 21.7. The summed E-state index contributed by atoms with van der Waals surface area (Å²) in [6, 6.07) is 0. The number of nitrogens with two attached hydrogens (primary N) is 1. The van der Waals surface area contributed by atoms with Gasteiger partial charge in [0.2, 0.25) is 29.5 Å². The van der Waals surface area contributed by atoms with Gasteiger partial charge >= 0.3 is 0 Å². The fourth-order valence-electron chi connectivity index (χ4n) is 2.71. The van der Waals surface area contributed by atoms with Crippen LogP contribution in [-0.2, 0) is 24.0 Å². The van der Waals surface area contributed by atoms with Crippen molar-refractivity contribution in [1.29, 1.82) is 0 Å². The molecule has 0 heterocycles. The molecule has 7 N–H and O–H groups in total. The smallest absolute Gasteiger partial charge is 0.246 e. The molecule has 0 atom stereocenters. The Hall–Kier alpha value is -3.51. The second-order valence-corrected chi connectivity index (χ2v) is 7.98. The van der Waals surface area contributed by atoms with Crippen LogP contribution in [0.2, 0.25) is 0 Å². The first kappa shape index (κ1) is 33.5. The van der Waals surface area contributed by atoms with Gasteiger partial charge in [-0.15, -0.1) is 0 Å². The summed E-state index contributed by atoms with van der Waals surface area (Å²) in [6.45, 7) is 3.57. The van der Waals surface area contributed by atoms with Gasteiger partial charge in [0.15, 0.2) is 0 Å². The molecular weight excluding hydrogens is 480 g/mol. The Kier molecular flexibility index (Phi) is 20.7. The molecule has 12 heteroatoms. The predicted molar refractivity (Wildman–Crippen MR) is 140 cm³/mol. The molecule has 0 rings (SSSR count). The summed E-state index contributed by atoms with van der Waals surface area (Å²) in [6.07, 6.45) is 12.5. The summed E-state index contributed by atoms with van der Waals surface area (Å²) in [5, 5.41) is 21.0. The minimum atomic E-state index is -0.559. The van der Waals surface area contributed by atoms with Crippen molar-refractivity contribution in [2.24, 2.45) is 5.73 Å². The first-order valence-corrected chi connectivity index (χ1v) is 12.4. The molecule has 0 aliphatic rings. The normalized spacial score (nSPS) is 11.1. The quantitative estimate of drug-likeness (QED) is 0.0565. The topological polar surface area (TPSA) is 183 Å². The Morgan fingerprint density at radius 3 is 1.62 bits per heavy atom. The monoisotopic (exact) mass is 522 g/mol. The molecule has 0 saturated heterocycles. The van der Waals surface area contributed by atoms with Crippen LogP contribution in [0.3, 0.4) is 0 Å². The second-order valence-electron chi connectivity index (χ2n) is 7.98. The molecule has 0 bridgehead atoms. The van der Waals surface area contributed by atoms with Gasteiger partial charge in [-0.1, -0.05) is 36.5 Å². The zero-order chi connectivity index (χ0) is 27.7. The maximum atomic E-state index is 11.9. The molecule has 12 nitrogen and oxygen atoms in total. The third kappa shape index (κ3) is 22.7. The van der Waals surface area contributed by atoms with E-state index in [4.69, 9.17) is 5.73 Å². The number of hydrogen-bond acceptors (Lipinski definition) is 7. The molecule has 0 aliphatic heterocycles. The van der Waals surface area contributed by atoms with Gasteiger partial charge in [0, 0.05) is 58.8 Å². The highest BCUT2D eigenvalue weighted by Gasteiger charge is 2.12. The molecule has 5 amide bonds. The molecule has 0 radical (unpaired) electrons. The maximum Gasteiger partial charge on any atom is 0.246 e. The van der Waals surface area contributed by atoms with Crippen LogP contribution in [0.5, 0.6) is 0 Å². The van der Waals surface area contributed by atoms with Crippen LogP contribution < -0.4 is 27.0 Å². The fourth-order valence-corrected chi connectivity index (χ4v) is 2.71. The molecule has 0 aromatic carbocycles. The number of carbonyl (C=O) groups is 5. The summed E-state index contributed by atoms with van der Waals surface area (Å²) in [4.78, 5) is 57.8. The molecule has 0 aromatic rings. The van der Waals surface area contributed by atoms with E-state index >= 15 is 0 Å². The van der Waals surface area contributed by atoms with Gasteiger partial charge in [0.1, 0.15) is 0 Å². The van der Waals surface area contributed by atoms with E-state index in [9.17, 15) is 29.2 Å². The molecule has 208 valence electrons. The minimum absolute atomic E-state index is 0.0412. The van der Waals surface area contributed by atoms with Crippen molar-refractivity contribution < 1.29 is 29.2 Å². The average Bonchev–Trinajstić information content (AvgIpc) is 2.86. The van der Waals surface area contributed by atoms with E-state index in [0.29, 0.717) is 44.1 Å². The fraction of sp³-hybridized carbons (Fsp3) is 0.560. The number of carbonyl (C=O) groups excluding carboxylic acids is 5. The molecule has 0 spiro atoms. The van der Waals surface area contributed by atoms with Crippen molar-refractivity contribution in [3.05, 3.63) is 36.5 Å². The first-order chi connectivity index (χ1) is 17.8. The molecule has 37 heavy (non-hydrogen) atoms. The highest BCUT2D eigenvalue weighted by atomic mass is 16.5. The lowest BCUT2D eigenvalue weighted by atomic mass is 10.2. The number of rotatable bonds is 20. The van der Waals surface area contributed by atoms with E-state index in [1.165, 1.54) is 6.92 Å². The van der Waals surface area contributed by atoms with E-state index < -0.39 is 5.91 Å². The number of hydroxylamine groups is 2. The lowest BCUT2D eigenvalue weighted by molar-refractivity contribution is -0.165. The van der Waals surface area contributed by atoms with Gasteiger partial charge in [0.05, 0.1) is 6.54 Å². The highest BCUT2D eigenvalue weighted by molar-refractivity contribution is 5.84. The van der Waals surface area contributed by atoms with Gasteiger partial charge in [-0.3, -0.25) is 29.2 Å². The molecule has 0 aromatic heterocycles. The second kappa shape index (κ2) is 22.9. The van der Waals surface area contributed by atoms with E-state index in [0.717, 1.165) is 6.42 Å². The van der Waals surface area contributed by atoms with Crippen molar-refractivity contribution in [2.45, 2.75) is 51.9 Å². The minimum Gasteiger partial charge on any atom is -0.356 e. The largest absolute Gasteiger partial charge is 0.356 e. The van der Waals surface area contributed by atoms with Gasteiger partial charge in [0.25, 0.3) is 0 Å². The molecule has 0 fully saturated rings. The van der Waals surface area contributed by atoms with E-state index in [1.807, 2.05) is 18.2 Å². The third-order valence-electron chi connectivity index (χ3n) is 4.71. The number of hydrogen-bond donors (Lipinski definition) is 6. The first-order valence-electron chi connectivity index (χ1n) is 12.4. The van der Waals surface area contributed by atoms with Crippen molar-refractivity contribution in [3.63, 3.8) is 0 Å². The van der Waals surface area contributed by atoms with Crippen LogP contribution in [0.25, 0.3) is 0 Å². The van der Waals surface area contributed by atoms with Crippen LogP contribution in [0.1, 0.15) is 51.9 Å². The van der Waals surface area contributed by atoms with E-state index in [1.54, 1.807) is 18.2 Å². The van der Waals surface area contributed by atoms with Gasteiger partial charge in [-0.05, 0) is 25.8 Å². The number of nitrogens with one attached hydrogen (secondary N) is 4. The van der Waals surface area contributed by atoms with Crippen molar-refractivity contribution in [3.8, 4) is 0 Å². The Balaban J connectivity index is 3.83. The molecule has 0 unspecified atom stereocenters. The summed E-state index contributed by atoms with van der Waals surface area (Å²) < 4.78 is 0. The average molecular weight is 523 g/mol. The zero-order valence-electron chi connectivity index (χ0n) is 21.7. The van der Waals surface area contributed by atoms with Crippen LogP contribution in [0, 0.1) is 0 Å². The van der Waals surface area contributed by atoms with Gasteiger partial charge in [-0.25, -0.2) is 5.06 Å². The SMILES string of the molecule is CC(=O)NCC/C=C/CNC(=O)CCC(=O)N(O)CC/C=C/CNC(=O)CCC(=O)NC/C=C/CCN. The lowest BCUT2D eigenvalue weighted by Gasteiger charge is -2.13. The van der Waals surface area contributed by atoms with Crippen molar-refractivity contribution in [2.75, 3.05) is 39.3 Å². The Bertz CT molecular complexity index is 797. The summed E-state index contributed by atoms with van der Waals surface area (Å²) in [7, 11) is 0. The number of nitrogens with zero attached hydrogens (tertiary/aromatic N) is 1. The Morgan fingerprint density at radius 1 is 0.676 bits per heavy atom. The summed E-state index contributed by atoms with van der Waals surface area (Å²) in [5.41, 5.74) is 5.36. The summed E-state index contributed by atoms with van der Waals surface area (Å²) in [5.74, 6) is -1.42. The molecule has 0 saturated carbocycles. The lowest BCUT2D eigenvalue weighted by Crippen LogP contribution is -2.30. The molecular formula is C25H42N6O6. The third-order valence-corrected chi connectivity index (χ3v) is 4.71. The van der Waals surface area contributed by atoms with Crippen LogP contribution in [-0.4, -0.2) is 79.1 Å². The van der Waals surface area contributed by atoms with Crippen LogP contribution in [0.4, 0.5) is 0 Å². The Labute approximate surface area is 218 Å². The van der Waals surface area contributed by atoms with Crippen molar-refractivity contribution in [1.82, 2.24) is 26.3 Å². The maximum absolute atomic E-state index is 11.9. The predicted octanol–water partition coefficient (Wildman–Crippen LogP) is 0.0469. The van der Waals surface area contributed by atoms with E-state index in [-0.39, 0.29) is 62.4 Å². The number of amides is 5. The van der Waals surface area contributed by atoms with Gasteiger partial charge < -0.3 is 27.0 Å². The Morgan fingerprint density at radius 2 is 1.14 bits per heavy atom. The standard InChI is InChI=1S/C25H42N6O6/c1-21(32)27-16-7-3-8-18-30-24(35)13-14-25(36)31(37)20-10-4-9-19-29-23(34)12-11-22(33)28-17-6-2-5-15-26/h2-4,6,8-9,37H,5,7,10-20,26H2,1H3,(H,27,32)(H,28,33)(H,29,34)(H,30,35)/b6-2+,8-3+,9-4+. The molecule has 0 aliphatic carbocycles. The summed E-state index contributed by atoms with van der Waals surface area (Å²) >= 11 is 0. The highest BCUT2D eigenvalue weighted by Crippen LogP contribution is 1.98. The van der Waals surface area contributed by atoms with Gasteiger partial charge in [-0.2, -0.15) is 0 Å².